The van der Waals surface area contributed by atoms with Crippen LogP contribution >= 0.6 is 0 Å². The number of hydrogen-bond donors (Lipinski definition) is 1. The molecule has 0 fully saturated rings. The summed E-state index contributed by atoms with van der Waals surface area (Å²) in [5, 5.41) is 0. The summed E-state index contributed by atoms with van der Waals surface area (Å²) in [5.41, 5.74) is 0. The number of unbranched alkanes of at least 4 members (excludes halogenated alkanes) is 2. The monoisotopic (exact) mass is 232 g/mol. The Kier molecular flexibility index (Phi) is 6.57. The molecule has 0 atom stereocenters. The lowest BCUT2D eigenvalue weighted by molar-refractivity contribution is 0.402. The maximum absolute atomic E-state index is 11.6. The van der Waals surface area contributed by atoms with E-state index in [9.17, 15) is 8.42 Å². The van der Waals surface area contributed by atoms with Crippen LogP contribution in [-0.4, -0.2) is 32.4 Å². The van der Waals surface area contributed by atoms with Crippen molar-refractivity contribution in [2.45, 2.75) is 39.2 Å². The van der Waals surface area contributed by atoms with Gasteiger partial charge < -0.3 is 0 Å². The van der Waals surface area contributed by atoms with Crippen molar-refractivity contribution in [3.05, 3.63) is 0 Å². The Hall–Kier alpha value is -0.570. The van der Waals surface area contributed by atoms with Crippen molar-refractivity contribution in [1.82, 2.24) is 9.03 Å². The van der Waals surface area contributed by atoms with Crippen LogP contribution in [0.2, 0.25) is 0 Å². The van der Waals surface area contributed by atoms with Crippen LogP contribution in [0.25, 0.3) is 0 Å². The van der Waals surface area contributed by atoms with E-state index in [2.05, 4.69) is 10.6 Å². The Morgan fingerprint density at radius 3 is 2.47 bits per heavy atom. The summed E-state index contributed by atoms with van der Waals surface area (Å²) >= 11 is 0. The highest BCUT2D eigenvalue weighted by Crippen LogP contribution is 2.01. The van der Waals surface area contributed by atoms with E-state index in [-0.39, 0.29) is 6.04 Å². The van der Waals surface area contributed by atoms with Gasteiger partial charge in [-0.25, -0.2) is 4.72 Å². The number of terminal acetylenes is 1. The first-order valence-electron chi connectivity index (χ1n) is 5.08. The Bertz CT molecular complexity index is 304. The van der Waals surface area contributed by atoms with Gasteiger partial charge in [0.1, 0.15) is 0 Å². The summed E-state index contributed by atoms with van der Waals surface area (Å²) in [7, 11) is -1.75. The molecule has 0 rings (SSSR count). The second-order valence-corrected chi connectivity index (χ2v) is 5.49. The van der Waals surface area contributed by atoms with Gasteiger partial charge in [0, 0.05) is 26.1 Å². The van der Waals surface area contributed by atoms with E-state index in [4.69, 9.17) is 6.42 Å². The van der Waals surface area contributed by atoms with Gasteiger partial charge in [-0.2, -0.15) is 12.7 Å². The molecule has 4 nitrogen and oxygen atoms in total. The normalized spacial score (nSPS) is 12.0. The van der Waals surface area contributed by atoms with Gasteiger partial charge in [-0.3, -0.25) is 0 Å². The van der Waals surface area contributed by atoms with E-state index in [1.165, 1.54) is 4.31 Å². The third kappa shape index (κ3) is 5.78. The van der Waals surface area contributed by atoms with Crippen molar-refractivity contribution in [2.24, 2.45) is 0 Å². The van der Waals surface area contributed by atoms with Crippen LogP contribution in [0.5, 0.6) is 0 Å². The maximum atomic E-state index is 11.6. The summed E-state index contributed by atoms with van der Waals surface area (Å²) in [6, 6.07) is -0.0341. The second kappa shape index (κ2) is 6.83. The second-order valence-electron chi connectivity index (χ2n) is 3.67. The zero-order valence-electron chi connectivity index (χ0n) is 9.66. The number of hydrogen-bond acceptors (Lipinski definition) is 2. The Balaban J connectivity index is 3.91. The zero-order valence-corrected chi connectivity index (χ0v) is 10.5. The van der Waals surface area contributed by atoms with Gasteiger partial charge in [0.2, 0.25) is 0 Å². The molecule has 0 unspecified atom stereocenters. The highest BCUT2D eigenvalue weighted by atomic mass is 32.2. The summed E-state index contributed by atoms with van der Waals surface area (Å²) in [6.45, 7) is 4.11. The Morgan fingerprint density at radius 1 is 1.40 bits per heavy atom. The molecule has 15 heavy (non-hydrogen) atoms. The van der Waals surface area contributed by atoms with Crippen molar-refractivity contribution in [2.75, 3.05) is 13.6 Å². The van der Waals surface area contributed by atoms with Crippen molar-refractivity contribution >= 4 is 10.2 Å². The van der Waals surface area contributed by atoms with Crippen molar-refractivity contribution in [3.8, 4) is 12.3 Å². The molecule has 0 saturated carbocycles. The fraction of sp³-hybridized carbons (Fsp3) is 0.800. The maximum Gasteiger partial charge on any atom is 0.279 e. The van der Waals surface area contributed by atoms with Crippen LogP contribution in [0.4, 0.5) is 0 Å². The average Bonchev–Trinajstić information content (AvgIpc) is 2.16. The molecule has 0 bridgehead atoms. The summed E-state index contributed by atoms with van der Waals surface area (Å²) in [5.74, 6) is 2.52. The molecule has 5 heteroatoms. The molecule has 0 aliphatic rings. The van der Waals surface area contributed by atoms with E-state index in [0.29, 0.717) is 13.0 Å². The molecule has 0 aromatic heterocycles. The van der Waals surface area contributed by atoms with Gasteiger partial charge >= 0.3 is 0 Å². The molecule has 88 valence electrons. The van der Waals surface area contributed by atoms with Crippen LogP contribution < -0.4 is 4.72 Å². The molecular weight excluding hydrogens is 212 g/mol. The number of rotatable bonds is 7. The standard InChI is InChI=1S/C10H20N2O2S/c1-5-6-7-8-9-11-15(13,14)12(4)10(2)3/h1,10-11H,6-9H2,2-4H3. The minimum atomic E-state index is -3.32. The molecule has 0 heterocycles. The highest BCUT2D eigenvalue weighted by Gasteiger charge is 2.18. The average molecular weight is 232 g/mol. The number of nitrogens with one attached hydrogen (secondary N) is 1. The quantitative estimate of drug-likeness (QED) is 0.525. The summed E-state index contributed by atoms with van der Waals surface area (Å²) in [4.78, 5) is 0. The Labute approximate surface area is 93.2 Å². The molecule has 0 saturated heterocycles. The van der Waals surface area contributed by atoms with E-state index < -0.39 is 10.2 Å². The third-order valence-corrected chi connectivity index (χ3v) is 3.89. The molecular formula is C10H20N2O2S. The van der Waals surface area contributed by atoms with E-state index >= 15 is 0 Å². The lowest BCUT2D eigenvalue weighted by Crippen LogP contribution is -2.42. The smallest absolute Gasteiger partial charge is 0.202 e. The van der Waals surface area contributed by atoms with E-state index in [1.807, 2.05) is 13.8 Å². The first-order valence-corrected chi connectivity index (χ1v) is 6.52. The Morgan fingerprint density at radius 2 is 2.00 bits per heavy atom. The van der Waals surface area contributed by atoms with Gasteiger partial charge in [0.05, 0.1) is 0 Å². The topological polar surface area (TPSA) is 49.4 Å². The SMILES string of the molecule is C#CCCCCNS(=O)(=O)N(C)C(C)C. The van der Waals surface area contributed by atoms with Crippen molar-refractivity contribution in [3.63, 3.8) is 0 Å². The molecule has 0 spiro atoms. The van der Waals surface area contributed by atoms with Gasteiger partial charge in [-0.15, -0.1) is 12.3 Å². The first kappa shape index (κ1) is 14.4. The third-order valence-electron chi connectivity index (χ3n) is 2.14. The van der Waals surface area contributed by atoms with Crippen molar-refractivity contribution in [1.29, 1.82) is 0 Å². The molecule has 0 aliphatic carbocycles. The largest absolute Gasteiger partial charge is 0.279 e. The predicted molar refractivity (Wildman–Crippen MR) is 62.5 cm³/mol. The lowest BCUT2D eigenvalue weighted by atomic mass is 10.2. The van der Waals surface area contributed by atoms with Crippen molar-refractivity contribution < 1.29 is 8.42 Å². The fourth-order valence-electron chi connectivity index (χ4n) is 0.933. The molecule has 0 aromatic rings. The van der Waals surface area contributed by atoms with Gasteiger partial charge in [0.25, 0.3) is 10.2 Å². The molecule has 0 amide bonds. The van der Waals surface area contributed by atoms with Crippen LogP contribution in [0.3, 0.4) is 0 Å². The summed E-state index contributed by atoms with van der Waals surface area (Å²) in [6.07, 6.45) is 7.41. The first-order chi connectivity index (χ1) is 6.91. The van der Waals surface area contributed by atoms with Gasteiger partial charge in [-0.1, -0.05) is 0 Å². The molecule has 0 aliphatic heterocycles. The van der Waals surface area contributed by atoms with E-state index in [0.717, 1.165) is 12.8 Å². The van der Waals surface area contributed by atoms with E-state index in [1.54, 1.807) is 7.05 Å². The summed E-state index contributed by atoms with van der Waals surface area (Å²) < 4.78 is 27.0. The van der Waals surface area contributed by atoms with Crippen LogP contribution in [-0.2, 0) is 10.2 Å². The minimum Gasteiger partial charge on any atom is -0.202 e. The lowest BCUT2D eigenvalue weighted by Gasteiger charge is -2.21. The minimum absolute atomic E-state index is 0.0341. The number of nitrogens with zero attached hydrogens (tertiary/aromatic N) is 1. The fourth-order valence-corrected chi connectivity index (χ4v) is 2.09. The van der Waals surface area contributed by atoms with Crippen LogP contribution in [0.15, 0.2) is 0 Å². The molecule has 0 aromatic carbocycles. The highest BCUT2D eigenvalue weighted by molar-refractivity contribution is 7.87. The predicted octanol–water partition coefficient (Wildman–Crippen LogP) is 0.964. The van der Waals surface area contributed by atoms with Gasteiger partial charge in [0.15, 0.2) is 0 Å². The van der Waals surface area contributed by atoms with Gasteiger partial charge in [-0.05, 0) is 26.7 Å². The molecule has 1 N–H and O–H groups in total. The zero-order chi connectivity index (χ0) is 11.9. The van der Waals surface area contributed by atoms with Crippen LogP contribution in [0.1, 0.15) is 33.1 Å². The molecule has 0 radical (unpaired) electrons. The van der Waals surface area contributed by atoms with Crippen LogP contribution in [0, 0.1) is 12.3 Å².